The Morgan fingerprint density at radius 3 is 1.18 bits per heavy atom. The molecule has 2 heterocycles. The van der Waals surface area contributed by atoms with Gasteiger partial charge in [0, 0.05) is 6.92 Å². The quantitative estimate of drug-likeness (QED) is 0.0647. The molecule has 0 saturated carbocycles. The van der Waals surface area contributed by atoms with Gasteiger partial charge in [-0.1, -0.05) is 182 Å². The fourth-order valence-electron chi connectivity index (χ4n) is 8.45. The van der Waals surface area contributed by atoms with Crippen molar-refractivity contribution < 1.29 is 52.5 Å². The molecule has 6 aromatic rings. The largest absolute Gasteiger partial charge is 0.374 e. The first-order valence-electron chi connectivity index (χ1n) is 23.2. The molecule has 0 aromatic heterocycles. The number of amides is 1. The topological polar surface area (TPSA) is 132 Å². The lowest BCUT2D eigenvalue weighted by Crippen LogP contribution is -2.68. The van der Waals surface area contributed by atoms with Crippen LogP contribution in [0.3, 0.4) is 0 Å². The number of benzene rings is 6. The third kappa shape index (κ3) is 14.2. The molecule has 8 rings (SSSR count). The van der Waals surface area contributed by atoms with Gasteiger partial charge in [0.05, 0.1) is 52.9 Å². The van der Waals surface area contributed by atoms with E-state index in [-0.39, 0.29) is 52.2 Å². The van der Waals surface area contributed by atoms with Crippen molar-refractivity contribution in [3.05, 3.63) is 215 Å². The molecule has 0 radical (unpaired) electrons. The summed E-state index contributed by atoms with van der Waals surface area (Å²) < 4.78 is 61.1. The molecule has 2 N–H and O–H groups in total. The lowest BCUT2D eigenvalue weighted by molar-refractivity contribution is -0.363. The molecule has 4 unspecified atom stereocenters. The maximum absolute atomic E-state index is 12.8. The Kier molecular flexibility index (Phi) is 18.4. The summed E-state index contributed by atoms with van der Waals surface area (Å²) in [6, 6.07) is 58.1. The first-order valence-corrected chi connectivity index (χ1v) is 23.2. The van der Waals surface area contributed by atoms with Gasteiger partial charge >= 0.3 is 0 Å². The molecule has 68 heavy (non-hydrogen) atoms. The zero-order chi connectivity index (χ0) is 46.8. The van der Waals surface area contributed by atoms with Crippen molar-refractivity contribution in [2.24, 2.45) is 0 Å². The van der Waals surface area contributed by atoms with Gasteiger partial charge in [0.25, 0.3) is 0 Å². The third-order valence-corrected chi connectivity index (χ3v) is 11.8. The van der Waals surface area contributed by atoms with Crippen LogP contribution in [0.1, 0.15) is 40.3 Å². The van der Waals surface area contributed by atoms with Crippen molar-refractivity contribution in [1.29, 1.82) is 0 Å². The van der Waals surface area contributed by atoms with Gasteiger partial charge in [-0.05, 0) is 33.4 Å². The fraction of sp³-hybridized carbons (Fsp3) is 0.339. The number of hydrogen-bond acceptors (Lipinski definition) is 11. The number of aliphatic hydroxyl groups excluding tert-OH is 1. The molecule has 0 aliphatic carbocycles. The Morgan fingerprint density at radius 2 is 0.779 bits per heavy atom. The summed E-state index contributed by atoms with van der Waals surface area (Å²) in [5.41, 5.74) is 5.68. The molecular formula is C56H61NO11. The number of ether oxygens (including phenoxy) is 9. The smallest absolute Gasteiger partial charge is 0.217 e. The Bertz CT molecular complexity index is 2330. The van der Waals surface area contributed by atoms with Crippen LogP contribution < -0.4 is 5.32 Å². The lowest BCUT2D eigenvalue weighted by atomic mass is 9.94. The molecule has 6 aromatic carbocycles. The van der Waals surface area contributed by atoms with Crippen LogP contribution in [-0.2, 0) is 87.1 Å². The maximum Gasteiger partial charge on any atom is 0.217 e. The number of aliphatic hydroxyl groups is 1. The molecule has 2 saturated heterocycles. The zero-order valence-electron chi connectivity index (χ0n) is 38.3. The normalized spacial score (nSPS) is 24.9. The highest BCUT2D eigenvalue weighted by Gasteiger charge is 2.54. The van der Waals surface area contributed by atoms with E-state index in [9.17, 15) is 9.90 Å². The standard InChI is InChI=1S/C56H61NO11/c1-40(58)57-49-52(63-35-44-26-14-5-15-27-44)51(48(66-55(49)59)39-61-33-42-22-10-3-11-23-42)68-56-54(65-37-46-30-18-7-19-31-46)53(64-36-45-28-16-6-17-29-45)50(62-34-43-24-12-4-13-25-43)47(67-56)38-60-32-41-20-8-2-9-21-41/h2-31,47-56,59H,32-39H2,1H3,(H,57,58)/t47?,48?,49?,50-,51+,52+,53-,54?,55+,56-/m0/s1. The second-order valence-corrected chi connectivity index (χ2v) is 17.0. The van der Waals surface area contributed by atoms with E-state index in [1.165, 1.54) is 6.92 Å². The summed E-state index contributed by atoms with van der Waals surface area (Å²) in [5.74, 6) is -0.384. The van der Waals surface area contributed by atoms with Gasteiger partial charge in [0.2, 0.25) is 5.91 Å². The minimum Gasteiger partial charge on any atom is -0.374 e. The van der Waals surface area contributed by atoms with Crippen LogP contribution in [0.25, 0.3) is 0 Å². The number of carbonyl (C=O) groups is 1. The van der Waals surface area contributed by atoms with Crippen LogP contribution in [0.2, 0.25) is 0 Å². The number of hydrogen-bond donors (Lipinski definition) is 2. The van der Waals surface area contributed by atoms with Crippen molar-refractivity contribution in [2.45, 2.75) is 108 Å². The van der Waals surface area contributed by atoms with Gasteiger partial charge in [0.1, 0.15) is 48.8 Å². The molecule has 12 heteroatoms. The highest BCUT2D eigenvalue weighted by molar-refractivity contribution is 5.73. The molecule has 2 aliphatic rings. The van der Waals surface area contributed by atoms with E-state index in [1.807, 2.05) is 182 Å². The second kappa shape index (κ2) is 25.7. The van der Waals surface area contributed by atoms with Gasteiger partial charge < -0.3 is 53.1 Å². The maximum atomic E-state index is 12.8. The molecule has 12 nitrogen and oxygen atoms in total. The van der Waals surface area contributed by atoms with Crippen molar-refractivity contribution >= 4 is 5.91 Å². The SMILES string of the molecule is CC(=O)NC1[C@H](O)OC(COCc2ccccc2)[C@@H](O[C@@H]2OC(COCc3ccccc3)[C@H](OCc3ccccc3)[C@H](OCc3ccccc3)C2OCc2ccccc2)[C@@H]1OCc1ccccc1. The highest BCUT2D eigenvalue weighted by atomic mass is 16.7. The van der Waals surface area contributed by atoms with Crippen molar-refractivity contribution in [3.8, 4) is 0 Å². The van der Waals surface area contributed by atoms with Crippen molar-refractivity contribution in [3.63, 3.8) is 0 Å². The minimum absolute atomic E-state index is 0.00275. The van der Waals surface area contributed by atoms with Gasteiger partial charge in [-0.15, -0.1) is 0 Å². The minimum atomic E-state index is -1.47. The van der Waals surface area contributed by atoms with E-state index in [0.29, 0.717) is 6.61 Å². The predicted molar refractivity (Wildman–Crippen MR) is 254 cm³/mol. The van der Waals surface area contributed by atoms with Crippen molar-refractivity contribution in [1.82, 2.24) is 5.32 Å². The molecule has 10 atom stereocenters. The predicted octanol–water partition coefficient (Wildman–Crippen LogP) is 8.09. The lowest BCUT2D eigenvalue weighted by Gasteiger charge is -2.50. The number of nitrogens with one attached hydrogen (secondary N) is 1. The van der Waals surface area contributed by atoms with E-state index < -0.39 is 61.3 Å². The second-order valence-electron chi connectivity index (χ2n) is 17.0. The Labute approximate surface area is 399 Å². The first-order chi connectivity index (χ1) is 33.5. The summed E-state index contributed by atoms with van der Waals surface area (Å²) in [7, 11) is 0. The third-order valence-electron chi connectivity index (χ3n) is 11.8. The van der Waals surface area contributed by atoms with Crippen LogP contribution >= 0.6 is 0 Å². The van der Waals surface area contributed by atoms with Gasteiger partial charge in [-0.2, -0.15) is 0 Å². The summed E-state index contributed by atoms with van der Waals surface area (Å²) in [6.07, 6.45) is -8.71. The molecule has 0 spiro atoms. The molecule has 356 valence electrons. The molecule has 2 aliphatic heterocycles. The summed E-state index contributed by atoms with van der Waals surface area (Å²) in [6.45, 7) is 2.90. The molecule has 0 bridgehead atoms. The van der Waals surface area contributed by atoms with E-state index in [1.54, 1.807) is 0 Å². The van der Waals surface area contributed by atoms with Crippen LogP contribution in [-0.4, -0.2) is 85.6 Å². The average molecular weight is 924 g/mol. The number of rotatable bonds is 23. The van der Waals surface area contributed by atoms with Gasteiger partial charge in [-0.3, -0.25) is 4.79 Å². The van der Waals surface area contributed by atoms with E-state index >= 15 is 0 Å². The Balaban J connectivity index is 1.18. The number of carbonyl (C=O) groups excluding carboxylic acids is 1. The monoisotopic (exact) mass is 923 g/mol. The average Bonchev–Trinajstić information content (AvgIpc) is 3.37. The molecular weight excluding hydrogens is 863 g/mol. The Hall–Kier alpha value is -5.61. The summed E-state index contributed by atoms with van der Waals surface area (Å²) >= 11 is 0. The first kappa shape index (κ1) is 48.8. The van der Waals surface area contributed by atoms with E-state index in [2.05, 4.69) is 5.32 Å². The van der Waals surface area contributed by atoms with E-state index in [4.69, 9.17) is 42.6 Å². The summed E-state index contributed by atoms with van der Waals surface area (Å²) in [5, 5.41) is 14.6. The highest BCUT2D eigenvalue weighted by Crippen LogP contribution is 2.35. The zero-order valence-corrected chi connectivity index (χ0v) is 38.3. The van der Waals surface area contributed by atoms with Crippen molar-refractivity contribution in [2.75, 3.05) is 13.2 Å². The van der Waals surface area contributed by atoms with Crippen LogP contribution in [0.15, 0.2) is 182 Å². The van der Waals surface area contributed by atoms with Crippen LogP contribution in [0.5, 0.6) is 0 Å². The Morgan fingerprint density at radius 1 is 0.441 bits per heavy atom. The molecule has 1 amide bonds. The summed E-state index contributed by atoms with van der Waals surface area (Å²) in [4.78, 5) is 12.8. The fourth-order valence-corrected chi connectivity index (χ4v) is 8.45. The van der Waals surface area contributed by atoms with Gasteiger partial charge in [-0.25, -0.2) is 0 Å². The molecule has 2 fully saturated rings. The van der Waals surface area contributed by atoms with Crippen LogP contribution in [0, 0.1) is 0 Å². The van der Waals surface area contributed by atoms with E-state index in [0.717, 1.165) is 33.4 Å². The van der Waals surface area contributed by atoms with Crippen LogP contribution in [0.4, 0.5) is 0 Å². The van der Waals surface area contributed by atoms with Gasteiger partial charge in [0.15, 0.2) is 12.6 Å².